The molecule has 3 rings (SSSR count). The Balaban J connectivity index is 1.89. The maximum absolute atomic E-state index is 12.0. The van der Waals surface area contributed by atoms with Gasteiger partial charge >= 0.3 is 0 Å². The predicted molar refractivity (Wildman–Crippen MR) is 97.4 cm³/mol. The molecule has 3 aromatic carbocycles. The summed E-state index contributed by atoms with van der Waals surface area (Å²) < 4.78 is 5.88. The fourth-order valence-electron chi connectivity index (χ4n) is 2.67. The Morgan fingerprint density at radius 1 is 0.875 bits per heavy atom. The zero-order chi connectivity index (χ0) is 16.9. The summed E-state index contributed by atoms with van der Waals surface area (Å²) >= 11 is 0. The van der Waals surface area contributed by atoms with Gasteiger partial charge in [0.15, 0.2) is 5.78 Å². The van der Waals surface area contributed by atoms with E-state index in [2.05, 4.69) is 25.1 Å². The minimum atomic E-state index is 0.00700. The van der Waals surface area contributed by atoms with Gasteiger partial charge in [0.05, 0.1) is 5.56 Å². The highest BCUT2D eigenvalue weighted by Gasteiger charge is 2.11. The molecule has 0 radical (unpaired) electrons. The third-order valence-electron chi connectivity index (χ3n) is 3.95. The summed E-state index contributed by atoms with van der Waals surface area (Å²) in [4.78, 5) is 12.0. The van der Waals surface area contributed by atoms with Crippen LogP contribution in [0, 0.1) is 6.92 Å². The first-order chi connectivity index (χ1) is 11.6. The molecule has 0 unspecified atom stereocenters. The van der Waals surface area contributed by atoms with E-state index in [-0.39, 0.29) is 5.78 Å². The van der Waals surface area contributed by atoms with Gasteiger partial charge < -0.3 is 4.74 Å². The van der Waals surface area contributed by atoms with E-state index < -0.39 is 0 Å². The Labute approximate surface area is 142 Å². The smallest absolute Gasteiger partial charge is 0.163 e. The quantitative estimate of drug-likeness (QED) is 0.586. The van der Waals surface area contributed by atoms with Crippen LogP contribution in [-0.2, 0) is 6.61 Å². The van der Waals surface area contributed by atoms with Crippen molar-refractivity contribution in [3.05, 3.63) is 89.5 Å². The molecule has 0 spiro atoms. The fraction of sp³-hybridized carbons (Fsp3) is 0.136. The normalized spacial score (nSPS) is 10.4. The number of Topliss-reactive ketones (excluding diaryl/α,β-unsaturated/α-hetero) is 1. The van der Waals surface area contributed by atoms with Gasteiger partial charge in [0, 0.05) is 0 Å². The van der Waals surface area contributed by atoms with Crippen molar-refractivity contribution < 1.29 is 9.53 Å². The summed E-state index contributed by atoms with van der Waals surface area (Å²) in [6, 6.07) is 24.0. The SMILES string of the molecule is CC(=O)c1cc(-c2cccc(C)c2)ccc1OCc1ccccc1. The van der Waals surface area contributed by atoms with Gasteiger partial charge in [-0.1, -0.05) is 66.2 Å². The van der Waals surface area contributed by atoms with Crippen molar-refractivity contribution in [1.82, 2.24) is 0 Å². The molecule has 0 N–H and O–H groups in total. The van der Waals surface area contributed by atoms with Crippen LogP contribution in [0.25, 0.3) is 11.1 Å². The molecule has 0 aliphatic carbocycles. The van der Waals surface area contributed by atoms with E-state index in [1.165, 1.54) is 5.56 Å². The fourth-order valence-corrected chi connectivity index (χ4v) is 2.67. The largest absolute Gasteiger partial charge is 0.488 e. The average Bonchev–Trinajstić information content (AvgIpc) is 2.60. The molecule has 0 aromatic heterocycles. The van der Waals surface area contributed by atoms with Crippen molar-refractivity contribution in [3.63, 3.8) is 0 Å². The monoisotopic (exact) mass is 316 g/mol. The van der Waals surface area contributed by atoms with E-state index in [4.69, 9.17) is 4.74 Å². The van der Waals surface area contributed by atoms with Crippen LogP contribution in [0.2, 0.25) is 0 Å². The molecule has 2 heteroatoms. The van der Waals surface area contributed by atoms with Crippen LogP contribution in [-0.4, -0.2) is 5.78 Å². The number of aryl methyl sites for hydroxylation is 1. The lowest BCUT2D eigenvalue weighted by Gasteiger charge is -2.12. The number of ketones is 1. The van der Waals surface area contributed by atoms with Crippen LogP contribution in [0.1, 0.15) is 28.4 Å². The second-order valence-corrected chi connectivity index (χ2v) is 5.91. The Hall–Kier alpha value is -2.87. The Bertz CT molecular complexity index is 851. The molecule has 0 amide bonds. The molecule has 0 aliphatic rings. The second kappa shape index (κ2) is 7.14. The van der Waals surface area contributed by atoms with Gasteiger partial charge in [-0.2, -0.15) is 0 Å². The van der Waals surface area contributed by atoms with Crippen LogP contribution in [0.3, 0.4) is 0 Å². The number of ether oxygens (including phenoxy) is 1. The van der Waals surface area contributed by atoms with Crippen molar-refractivity contribution in [1.29, 1.82) is 0 Å². The van der Waals surface area contributed by atoms with Crippen LogP contribution in [0.4, 0.5) is 0 Å². The lowest BCUT2D eigenvalue weighted by Crippen LogP contribution is -2.02. The van der Waals surface area contributed by atoms with Crippen molar-refractivity contribution in [2.45, 2.75) is 20.5 Å². The highest BCUT2D eigenvalue weighted by atomic mass is 16.5. The minimum absolute atomic E-state index is 0.00700. The molecule has 24 heavy (non-hydrogen) atoms. The first-order valence-corrected chi connectivity index (χ1v) is 8.02. The summed E-state index contributed by atoms with van der Waals surface area (Å²) in [5.41, 5.74) is 5.02. The van der Waals surface area contributed by atoms with Crippen molar-refractivity contribution in [2.75, 3.05) is 0 Å². The van der Waals surface area contributed by atoms with E-state index >= 15 is 0 Å². The van der Waals surface area contributed by atoms with E-state index in [0.29, 0.717) is 17.9 Å². The highest BCUT2D eigenvalue weighted by molar-refractivity contribution is 5.98. The summed E-state index contributed by atoms with van der Waals surface area (Å²) in [5, 5.41) is 0. The van der Waals surface area contributed by atoms with Gasteiger partial charge in [0.25, 0.3) is 0 Å². The van der Waals surface area contributed by atoms with Crippen LogP contribution >= 0.6 is 0 Å². The van der Waals surface area contributed by atoms with E-state index in [1.54, 1.807) is 6.92 Å². The van der Waals surface area contributed by atoms with Gasteiger partial charge in [-0.25, -0.2) is 0 Å². The third kappa shape index (κ3) is 3.72. The van der Waals surface area contributed by atoms with Gasteiger partial charge in [0.1, 0.15) is 12.4 Å². The highest BCUT2D eigenvalue weighted by Crippen LogP contribution is 2.28. The second-order valence-electron chi connectivity index (χ2n) is 5.91. The summed E-state index contributed by atoms with van der Waals surface area (Å²) in [7, 11) is 0. The van der Waals surface area contributed by atoms with Gasteiger partial charge in [-0.3, -0.25) is 4.79 Å². The van der Waals surface area contributed by atoms with Crippen molar-refractivity contribution in [3.8, 4) is 16.9 Å². The molecule has 0 heterocycles. The van der Waals surface area contributed by atoms with Crippen molar-refractivity contribution >= 4 is 5.78 Å². The summed E-state index contributed by atoms with van der Waals surface area (Å²) in [6.45, 7) is 4.09. The molecule has 0 atom stereocenters. The third-order valence-corrected chi connectivity index (χ3v) is 3.95. The first-order valence-electron chi connectivity index (χ1n) is 8.02. The number of hydrogen-bond donors (Lipinski definition) is 0. The molecule has 0 aliphatic heterocycles. The van der Waals surface area contributed by atoms with Gasteiger partial charge in [-0.05, 0) is 42.7 Å². The van der Waals surface area contributed by atoms with E-state index in [0.717, 1.165) is 16.7 Å². The molecular weight excluding hydrogens is 296 g/mol. The minimum Gasteiger partial charge on any atom is -0.488 e. The lowest BCUT2D eigenvalue weighted by atomic mass is 9.99. The molecule has 0 saturated carbocycles. The molecule has 0 saturated heterocycles. The van der Waals surface area contributed by atoms with Crippen LogP contribution in [0.5, 0.6) is 5.75 Å². The molecule has 3 aromatic rings. The topological polar surface area (TPSA) is 26.3 Å². The molecule has 120 valence electrons. The van der Waals surface area contributed by atoms with Gasteiger partial charge in [-0.15, -0.1) is 0 Å². The summed E-state index contributed by atoms with van der Waals surface area (Å²) in [5.74, 6) is 0.635. The number of hydrogen-bond acceptors (Lipinski definition) is 2. The standard InChI is InChI=1S/C22H20O2/c1-16-7-6-10-19(13-16)20-11-12-22(21(14-20)17(2)23)24-15-18-8-4-3-5-9-18/h3-14H,15H2,1-2H3. The first kappa shape index (κ1) is 16.0. The number of rotatable bonds is 5. The molecular formula is C22H20O2. The Morgan fingerprint density at radius 2 is 1.62 bits per heavy atom. The van der Waals surface area contributed by atoms with Crippen molar-refractivity contribution in [2.24, 2.45) is 0 Å². The zero-order valence-corrected chi connectivity index (χ0v) is 14.0. The number of carbonyl (C=O) groups excluding carboxylic acids is 1. The molecule has 2 nitrogen and oxygen atoms in total. The lowest BCUT2D eigenvalue weighted by molar-refractivity contribution is 0.101. The van der Waals surface area contributed by atoms with Crippen LogP contribution < -0.4 is 4.74 Å². The van der Waals surface area contributed by atoms with Crippen LogP contribution in [0.15, 0.2) is 72.8 Å². The number of benzene rings is 3. The zero-order valence-electron chi connectivity index (χ0n) is 14.0. The maximum Gasteiger partial charge on any atom is 0.163 e. The van der Waals surface area contributed by atoms with E-state index in [9.17, 15) is 4.79 Å². The Kier molecular flexibility index (Phi) is 4.76. The Morgan fingerprint density at radius 3 is 2.33 bits per heavy atom. The maximum atomic E-state index is 12.0. The summed E-state index contributed by atoms with van der Waals surface area (Å²) in [6.07, 6.45) is 0. The molecule has 0 bridgehead atoms. The molecule has 0 fully saturated rings. The van der Waals surface area contributed by atoms with Gasteiger partial charge in [0.2, 0.25) is 0 Å². The average molecular weight is 316 g/mol. The van der Waals surface area contributed by atoms with E-state index in [1.807, 2.05) is 54.6 Å². The predicted octanol–water partition coefficient (Wildman–Crippen LogP) is 5.44. The number of carbonyl (C=O) groups is 1.